The summed E-state index contributed by atoms with van der Waals surface area (Å²) < 4.78 is 39.0. The van der Waals surface area contributed by atoms with Gasteiger partial charge in [0.05, 0.1) is 20.3 Å². The molecule has 3 rings (SSSR count). The number of ether oxygens (including phenoxy) is 2. The Kier molecular flexibility index (Phi) is 7.48. The predicted octanol–water partition coefficient (Wildman–Crippen LogP) is 1.62. The van der Waals surface area contributed by atoms with E-state index in [1.54, 1.807) is 0 Å². The number of rotatable bonds is 6. The highest BCUT2D eigenvalue weighted by Gasteiger charge is 2.33. The molecule has 1 aromatic carbocycles. The summed E-state index contributed by atoms with van der Waals surface area (Å²) in [6.07, 6.45) is 1.14. The maximum absolute atomic E-state index is 12.9. The molecular formula is C21H28N4O6S2. The molecule has 0 radical (unpaired) electrons. The van der Waals surface area contributed by atoms with Crippen molar-refractivity contribution in [3.05, 3.63) is 28.8 Å². The third-order valence-corrected chi connectivity index (χ3v) is 7.52. The van der Waals surface area contributed by atoms with Crippen LogP contribution in [0.5, 0.6) is 11.5 Å². The van der Waals surface area contributed by atoms with Gasteiger partial charge < -0.3 is 20.1 Å². The molecule has 2 aliphatic heterocycles. The normalized spacial score (nSPS) is 17.9. The van der Waals surface area contributed by atoms with Gasteiger partial charge in [-0.25, -0.2) is 13.2 Å². The van der Waals surface area contributed by atoms with Gasteiger partial charge in [-0.05, 0) is 43.6 Å². The highest BCUT2D eigenvalue weighted by atomic mass is 32.2. The van der Waals surface area contributed by atoms with Gasteiger partial charge in [-0.15, -0.1) is 0 Å². The second-order valence-corrected chi connectivity index (χ2v) is 9.81. The highest BCUT2D eigenvalue weighted by Crippen LogP contribution is 2.39. The fourth-order valence-electron chi connectivity index (χ4n) is 3.95. The van der Waals surface area contributed by atoms with Gasteiger partial charge in [0.25, 0.3) is 15.9 Å². The van der Waals surface area contributed by atoms with Crippen molar-refractivity contribution in [2.45, 2.75) is 37.5 Å². The van der Waals surface area contributed by atoms with E-state index in [2.05, 4.69) is 15.4 Å². The summed E-state index contributed by atoms with van der Waals surface area (Å²) in [5, 5.41) is 5.33. The van der Waals surface area contributed by atoms with Crippen molar-refractivity contribution in [2.24, 2.45) is 0 Å². The molecule has 1 unspecified atom stereocenters. The standard InChI is InChI=1S/C21H28N4O6S2/c1-5-14-12(2)11-25(19(14)26)21(27)23-10-13-6-7-31-16-9-17(30-4)18(8-15(13)16)33(28,29)24-20(32)22-3/h8-9,13H,5-7,10-11H2,1-4H3,(H,23,27)(H2,22,24,32). The molecule has 3 N–H and O–H groups in total. The Hall–Kier alpha value is -2.86. The lowest BCUT2D eigenvalue weighted by Gasteiger charge is -2.28. The van der Waals surface area contributed by atoms with Crippen molar-refractivity contribution in [1.82, 2.24) is 20.3 Å². The third kappa shape index (κ3) is 5.06. The van der Waals surface area contributed by atoms with E-state index >= 15 is 0 Å². The highest BCUT2D eigenvalue weighted by molar-refractivity contribution is 7.92. The van der Waals surface area contributed by atoms with E-state index in [0.29, 0.717) is 36.3 Å². The summed E-state index contributed by atoms with van der Waals surface area (Å²) in [7, 11) is -1.14. The number of carbonyl (C=O) groups excluding carboxylic acids is 2. The number of urea groups is 1. The first-order valence-corrected chi connectivity index (χ1v) is 12.4. The summed E-state index contributed by atoms with van der Waals surface area (Å²) in [6, 6.07) is 2.52. The molecule has 0 aliphatic carbocycles. The zero-order valence-corrected chi connectivity index (χ0v) is 20.6. The van der Waals surface area contributed by atoms with Gasteiger partial charge in [-0.2, -0.15) is 0 Å². The van der Waals surface area contributed by atoms with E-state index in [1.807, 2.05) is 13.8 Å². The second kappa shape index (κ2) is 9.96. The zero-order chi connectivity index (χ0) is 24.3. The Balaban J connectivity index is 1.82. The third-order valence-electron chi connectivity index (χ3n) is 5.72. The zero-order valence-electron chi connectivity index (χ0n) is 19.0. The Morgan fingerprint density at radius 2 is 2.09 bits per heavy atom. The molecule has 0 saturated heterocycles. The van der Waals surface area contributed by atoms with Crippen molar-refractivity contribution in [3.8, 4) is 11.5 Å². The number of fused-ring (bicyclic) bond motifs is 1. The van der Waals surface area contributed by atoms with Gasteiger partial charge in [0, 0.05) is 36.7 Å². The molecule has 0 saturated carbocycles. The van der Waals surface area contributed by atoms with Gasteiger partial charge >= 0.3 is 6.03 Å². The van der Waals surface area contributed by atoms with E-state index in [0.717, 1.165) is 5.57 Å². The number of imide groups is 1. The number of carbonyl (C=O) groups is 2. The fraction of sp³-hybridized carbons (Fsp3) is 0.476. The van der Waals surface area contributed by atoms with Crippen LogP contribution in [0.25, 0.3) is 0 Å². The Bertz CT molecular complexity index is 1120. The fourth-order valence-corrected chi connectivity index (χ4v) is 5.42. The average Bonchev–Trinajstić information content (AvgIpc) is 3.08. The number of thiocarbonyl (C=S) groups is 1. The average molecular weight is 497 g/mol. The molecule has 1 aromatic rings. The van der Waals surface area contributed by atoms with Crippen LogP contribution in [0.2, 0.25) is 0 Å². The minimum Gasteiger partial charge on any atom is -0.495 e. The van der Waals surface area contributed by atoms with Gasteiger partial charge in [-0.1, -0.05) is 6.92 Å². The van der Waals surface area contributed by atoms with Crippen molar-refractivity contribution >= 4 is 39.3 Å². The number of amides is 3. The number of benzene rings is 1. The largest absolute Gasteiger partial charge is 0.495 e. The number of methoxy groups -OCH3 is 1. The molecule has 0 aromatic heterocycles. The molecule has 2 aliphatic rings. The van der Waals surface area contributed by atoms with Crippen molar-refractivity contribution < 1.29 is 27.5 Å². The van der Waals surface area contributed by atoms with Crippen LogP contribution >= 0.6 is 12.2 Å². The monoisotopic (exact) mass is 496 g/mol. The van der Waals surface area contributed by atoms with Crippen LogP contribution in [0.3, 0.4) is 0 Å². The van der Waals surface area contributed by atoms with E-state index in [-0.39, 0.29) is 40.7 Å². The lowest BCUT2D eigenvalue weighted by Crippen LogP contribution is -2.43. The molecular weight excluding hydrogens is 468 g/mol. The molecule has 33 heavy (non-hydrogen) atoms. The Labute approximate surface area is 198 Å². The topological polar surface area (TPSA) is 126 Å². The summed E-state index contributed by atoms with van der Waals surface area (Å²) in [5.74, 6) is 0.104. The first-order chi connectivity index (χ1) is 15.6. The van der Waals surface area contributed by atoms with Crippen LogP contribution in [0, 0.1) is 0 Å². The minimum atomic E-state index is -4.02. The number of nitrogens with zero attached hydrogens (tertiary/aromatic N) is 1. The van der Waals surface area contributed by atoms with Crippen LogP contribution in [0.1, 0.15) is 38.2 Å². The van der Waals surface area contributed by atoms with Gasteiger partial charge in [0.2, 0.25) is 0 Å². The molecule has 2 heterocycles. The first-order valence-electron chi connectivity index (χ1n) is 10.5. The van der Waals surface area contributed by atoms with E-state index in [1.165, 1.54) is 31.2 Å². The molecule has 12 heteroatoms. The summed E-state index contributed by atoms with van der Waals surface area (Å²) in [5.41, 5.74) is 2.17. The van der Waals surface area contributed by atoms with Crippen molar-refractivity contribution in [2.75, 3.05) is 33.9 Å². The van der Waals surface area contributed by atoms with E-state index in [9.17, 15) is 18.0 Å². The van der Waals surface area contributed by atoms with Crippen LogP contribution in [0.4, 0.5) is 4.79 Å². The van der Waals surface area contributed by atoms with Gasteiger partial charge in [0.15, 0.2) is 5.11 Å². The summed E-state index contributed by atoms with van der Waals surface area (Å²) in [6.45, 7) is 4.62. The lowest BCUT2D eigenvalue weighted by molar-refractivity contribution is -0.123. The van der Waals surface area contributed by atoms with Gasteiger partial charge in [0.1, 0.15) is 16.4 Å². The van der Waals surface area contributed by atoms with Crippen LogP contribution in [0.15, 0.2) is 28.2 Å². The van der Waals surface area contributed by atoms with Crippen LogP contribution in [-0.2, 0) is 14.8 Å². The number of sulfonamides is 1. The lowest BCUT2D eigenvalue weighted by atomic mass is 9.93. The van der Waals surface area contributed by atoms with E-state index in [4.69, 9.17) is 21.7 Å². The molecule has 0 spiro atoms. The molecule has 1 atom stereocenters. The smallest absolute Gasteiger partial charge is 0.324 e. The van der Waals surface area contributed by atoms with Crippen LogP contribution < -0.4 is 24.8 Å². The van der Waals surface area contributed by atoms with Crippen LogP contribution in [-0.4, -0.2) is 64.2 Å². The molecule has 3 amide bonds. The molecule has 180 valence electrons. The van der Waals surface area contributed by atoms with Crippen molar-refractivity contribution in [3.63, 3.8) is 0 Å². The Morgan fingerprint density at radius 3 is 2.70 bits per heavy atom. The van der Waals surface area contributed by atoms with Crippen molar-refractivity contribution in [1.29, 1.82) is 0 Å². The minimum absolute atomic E-state index is 0.0551. The maximum atomic E-state index is 12.9. The Morgan fingerprint density at radius 1 is 1.36 bits per heavy atom. The SMILES string of the molecule is CCC1=C(C)CN(C(=O)NCC2CCOc3cc(OC)c(S(=O)(=O)NC(=S)NC)cc32)C1=O. The first kappa shape index (κ1) is 24.8. The molecule has 0 fully saturated rings. The van der Waals surface area contributed by atoms with Gasteiger partial charge in [-0.3, -0.25) is 14.4 Å². The predicted molar refractivity (Wildman–Crippen MR) is 126 cm³/mol. The number of hydrogen-bond acceptors (Lipinski definition) is 7. The molecule has 0 bridgehead atoms. The maximum Gasteiger partial charge on any atom is 0.324 e. The summed E-state index contributed by atoms with van der Waals surface area (Å²) >= 11 is 4.93. The number of hydrogen-bond donors (Lipinski definition) is 3. The summed E-state index contributed by atoms with van der Waals surface area (Å²) in [4.78, 5) is 26.3. The molecule has 10 nitrogen and oxygen atoms in total. The quantitative estimate of drug-likeness (QED) is 0.508. The van der Waals surface area contributed by atoms with E-state index < -0.39 is 16.1 Å². The number of nitrogens with one attached hydrogen (secondary N) is 3. The second-order valence-electron chi connectivity index (χ2n) is 7.75.